The van der Waals surface area contributed by atoms with Crippen LogP contribution in [0.1, 0.15) is 12.5 Å². The highest BCUT2D eigenvalue weighted by Crippen LogP contribution is 2.33. The molecule has 1 saturated heterocycles. The van der Waals surface area contributed by atoms with E-state index in [2.05, 4.69) is 9.97 Å². The lowest BCUT2D eigenvalue weighted by Crippen LogP contribution is -2.51. The molecule has 3 heterocycles. The number of halogens is 3. The minimum absolute atomic E-state index is 0.167. The molecule has 2 atom stereocenters. The number of nitrogen functional groups attached to an aromatic ring is 1. The molecule has 148 valence electrons. The maximum Gasteiger partial charge on any atom is 0.415 e. The Kier molecular flexibility index (Phi) is 4.98. The van der Waals surface area contributed by atoms with E-state index in [-0.39, 0.29) is 6.54 Å². The van der Waals surface area contributed by atoms with Gasteiger partial charge in [0.05, 0.1) is 16.5 Å². The summed E-state index contributed by atoms with van der Waals surface area (Å²) in [5, 5.41) is 1.45. The van der Waals surface area contributed by atoms with Crippen LogP contribution in [0.5, 0.6) is 0 Å². The van der Waals surface area contributed by atoms with Crippen LogP contribution in [0.2, 0.25) is 0 Å². The molecule has 9 heteroatoms. The van der Waals surface area contributed by atoms with Gasteiger partial charge in [0, 0.05) is 43.0 Å². The van der Waals surface area contributed by atoms with Crippen molar-refractivity contribution in [3.8, 4) is 10.4 Å². The molecule has 2 N–H and O–H groups in total. The third kappa shape index (κ3) is 3.96. The summed E-state index contributed by atoms with van der Waals surface area (Å²) < 4.78 is 44.3. The Labute approximate surface area is 164 Å². The number of alkyl halides is 3. The van der Waals surface area contributed by atoms with Gasteiger partial charge in [-0.15, -0.1) is 0 Å². The second-order valence-corrected chi connectivity index (χ2v) is 8.01. The number of morpholine rings is 1. The number of nitrogens with two attached hydrogens (primary N) is 1. The summed E-state index contributed by atoms with van der Waals surface area (Å²) in [5.41, 5.74) is 8.43. The predicted octanol–water partition coefficient (Wildman–Crippen LogP) is 4.09. The van der Waals surface area contributed by atoms with Gasteiger partial charge in [0.1, 0.15) is 0 Å². The number of benzene rings is 1. The fourth-order valence-corrected chi connectivity index (χ4v) is 4.25. The number of pyridine rings is 1. The monoisotopic (exact) mass is 408 g/mol. The quantitative estimate of drug-likeness (QED) is 0.707. The van der Waals surface area contributed by atoms with Crippen molar-refractivity contribution in [3.63, 3.8) is 0 Å². The summed E-state index contributed by atoms with van der Waals surface area (Å²) in [6.07, 6.45) is -3.13. The molecule has 0 spiro atoms. The van der Waals surface area contributed by atoms with Crippen LogP contribution in [0.25, 0.3) is 21.3 Å². The van der Waals surface area contributed by atoms with Crippen molar-refractivity contribution in [1.29, 1.82) is 0 Å². The SMILES string of the molecule is C[C@@H]1CN(Cc2ccc3c(-c4cnc(N)s4)ccnc3c2)C[C@H](C(F)(F)F)O1. The maximum absolute atomic E-state index is 13.1. The van der Waals surface area contributed by atoms with E-state index in [1.807, 2.05) is 24.3 Å². The first-order valence-corrected chi connectivity index (χ1v) is 9.65. The van der Waals surface area contributed by atoms with E-state index in [0.29, 0.717) is 18.2 Å². The van der Waals surface area contributed by atoms with Crippen LogP contribution < -0.4 is 5.73 Å². The van der Waals surface area contributed by atoms with Crippen LogP contribution in [-0.2, 0) is 11.3 Å². The van der Waals surface area contributed by atoms with Crippen molar-refractivity contribution in [1.82, 2.24) is 14.9 Å². The third-order valence-electron chi connectivity index (χ3n) is 4.70. The first-order valence-electron chi connectivity index (χ1n) is 8.83. The number of aromatic nitrogens is 2. The lowest BCUT2D eigenvalue weighted by Gasteiger charge is -2.37. The molecule has 0 bridgehead atoms. The van der Waals surface area contributed by atoms with Gasteiger partial charge >= 0.3 is 6.18 Å². The highest BCUT2D eigenvalue weighted by molar-refractivity contribution is 7.18. The zero-order valence-corrected chi connectivity index (χ0v) is 15.9. The van der Waals surface area contributed by atoms with Crippen molar-refractivity contribution in [2.75, 3.05) is 18.8 Å². The average Bonchev–Trinajstić information content (AvgIpc) is 3.06. The molecule has 5 nitrogen and oxygen atoms in total. The summed E-state index contributed by atoms with van der Waals surface area (Å²) in [4.78, 5) is 11.3. The van der Waals surface area contributed by atoms with E-state index in [1.165, 1.54) is 11.3 Å². The smallest absolute Gasteiger partial charge is 0.375 e. The van der Waals surface area contributed by atoms with Gasteiger partial charge in [0.2, 0.25) is 0 Å². The first-order chi connectivity index (χ1) is 13.3. The number of ether oxygens (including phenoxy) is 1. The van der Waals surface area contributed by atoms with E-state index < -0.39 is 18.4 Å². The Balaban J connectivity index is 1.58. The van der Waals surface area contributed by atoms with Crippen molar-refractivity contribution >= 4 is 27.4 Å². The van der Waals surface area contributed by atoms with Gasteiger partial charge in [-0.05, 0) is 24.6 Å². The molecule has 4 rings (SSSR count). The van der Waals surface area contributed by atoms with Crippen LogP contribution in [0.4, 0.5) is 18.3 Å². The number of fused-ring (bicyclic) bond motifs is 1. The highest BCUT2D eigenvalue weighted by atomic mass is 32.1. The van der Waals surface area contributed by atoms with Crippen LogP contribution in [0, 0.1) is 0 Å². The average molecular weight is 408 g/mol. The molecule has 0 radical (unpaired) electrons. The number of anilines is 1. The van der Waals surface area contributed by atoms with Gasteiger partial charge < -0.3 is 10.5 Å². The largest absolute Gasteiger partial charge is 0.415 e. The molecular weight excluding hydrogens is 389 g/mol. The van der Waals surface area contributed by atoms with Crippen LogP contribution >= 0.6 is 11.3 Å². The molecule has 0 unspecified atom stereocenters. The van der Waals surface area contributed by atoms with Gasteiger partial charge in [-0.25, -0.2) is 4.98 Å². The fourth-order valence-electron chi connectivity index (χ4n) is 3.53. The standard InChI is InChI=1S/C19H19F3N4OS/c1-11-8-26(10-17(27-11)19(20,21)22)9-12-2-3-13-14(4-5-24-15(13)6-12)16-7-25-18(23)28-16/h2-7,11,17H,8-10H2,1H3,(H2,23,25)/t11-,17-/m1/s1. The lowest BCUT2D eigenvalue weighted by atomic mass is 10.0. The van der Waals surface area contributed by atoms with Gasteiger partial charge in [-0.3, -0.25) is 9.88 Å². The minimum atomic E-state index is -4.36. The van der Waals surface area contributed by atoms with Crippen molar-refractivity contribution < 1.29 is 17.9 Å². The summed E-state index contributed by atoms with van der Waals surface area (Å²) in [6, 6.07) is 7.72. The molecule has 0 aliphatic carbocycles. The van der Waals surface area contributed by atoms with E-state index in [4.69, 9.17) is 10.5 Å². The van der Waals surface area contributed by atoms with Crippen LogP contribution in [0.3, 0.4) is 0 Å². The van der Waals surface area contributed by atoms with Gasteiger partial charge in [-0.2, -0.15) is 13.2 Å². The van der Waals surface area contributed by atoms with E-state index >= 15 is 0 Å². The van der Waals surface area contributed by atoms with Crippen molar-refractivity contribution in [2.45, 2.75) is 31.9 Å². The van der Waals surface area contributed by atoms with Crippen LogP contribution in [-0.4, -0.2) is 46.3 Å². The number of thiazole rings is 1. The molecule has 2 aromatic heterocycles. The second kappa shape index (κ2) is 7.31. The Morgan fingerprint density at radius 2 is 2.07 bits per heavy atom. The molecule has 3 aromatic rings. The Morgan fingerprint density at radius 3 is 2.79 bits per heavy atom. The first kappa shape index (κ1) is 19.1. The number of hydrogen-bond acceptors (Lipinski definition) is 6. The fraction of sp³-hybridized carbons (Fsp3) is 0.368. The lowest BCUT2D eigenvalue weighted by molar-refractivity contribution is -0.252. The minimum Gasteiger partial charge on any atom is -0.375 e. The molecular formula is C19H19F3N4OS. The zero-order chi connectivity index (χ0) is 19.9. The number of rotatable bonds is 3. The molecule has 0 saturated carbocycles. The summed E-state index contributed by atoms with van der Waals surface area (Å²) in [7, 11) is 0. The zero-order valence-electron chi connectivity index (χ0n) is 15.1. The highest BCUT2D eigenvalue weighted by Gasteiger charge is 2.44. The second-order valence-electron chi connectivity index (χ2n) is 6.94. The van der Waals surface area contributed by atoms with Gasteiger partial charge in [0.25, 0.3) is 0 Å². The van der Waals surface area contributed by atoms with Gasteiger partial charge in [-0.1, -0.05) is 23.5 Å². The topological polar surface area (TPSA) is 64.3 Å². The van der Waals surface area contributed by atoms with Crippen LogP contribution in [0.15, 0.2) is 36.7 Å². The van der Waals surface area contributed by atoms with E-state index in [0.717, 1.165) is 26.9 Å². The molecule has 1 fully saturated rings. The number of nitrogens with zero attached hydrogens (tertiary/aromatic N) is 3. The predicted molar refractivity (Wildman–Crippen MR) is 103 cm³/mol. The maximum atomic E-state index is 13.1. The van der Waals surface area contributed by atoms with Crippen molar-refractivity contribution in [2.24, 2.45) is 0 Å². The van der Waals surface area contributed by atoms with Crippen molar-refractivity contribution in [3.05, 3.63) is 42.2 Å². The third-order valence-corrected chi connectivity index (χ3v) is 5.56. The van der Waals surface area contributed by atoms with Gasteiger partial charge in [0.15, 0.2) is 11.2 Å². The molecule has 1 aliphatic rings. The Bertz CT molecular complexity index is 991. The summed E-state index contributed by atoms with van der Waals surface area (Å²) in [6.45, 7) is 2.37. The number of hydrogen-bond donors (Lipinski definition) is 1. The summed E-state index contributed by atoms with van der Waals surface area (Å²) in [5.74, 6) is 0. The Morgan fingerprint density at radius 1 is 1.25 bits per heavy atom. The summed E-state index contributed by atoms with van der Waals surface area (Å²) >= 11 is 1.40. The molecule has 28 heavy (non-hydrogen) atoms. The normalized spacial score (nSPS) is 21.3. The van der Waals surface area contributed by atoms with E-state index in [9.17, 15) is 13.2 Å². The molecule has 1 aliphatic heterocycles. The van der Waals surface area contributed by atoms with E-state index in [1.54, 1.807) is 24.2 Å². The molecule has 0 amide bonds. The Hall–Kier alpha value is -2.23. The molecule has 1 aromatic carbocycles.